The molecule has 0 radical (unpaired) electrons. The molecule has 0 N–H and O–H groups in total. The van der Waals surface area contributed by atoms with Gasteiger partial charge in [0.25, 0.3) is 0 Å². The van der Waals surface area contributed by atoms with E-state index in [1.807, 2.05) is 4.90 Å². The standard InChI is InChI=1S/C13H23NO4/c1-16-5-3-11-4-6-18-13(7-11)9-14(10-13)12(15)8-17-2/h11H,3-10H2,1-2H3. The number of likely N-dealkylation sites (tertiary alicyclic amines) is 1. The van der Waals surface area contributed by atoms with Gasteiger partial charge in [-0.1, -0.05) is 0 Å². The maximum absolute atomic E-state index is 11.6. The van der Waals surface area contributed by atoms with Gasteiger partial charge < -0.3 is 19.1 Å². The lowest BCUT2D eigenvalue weighted by Crippen LogP contribution is -2.67. The van der Waals surface area contributed by atoms with E-state index >= 15 is 0 Å². The van der Waals surface area contributed by atoms with Crippen molar-refractivity contribution >= 4 is 5.91 Å². The van der Waals surface area contributed by atoms with Crippen molar-refractivity contribution in [2.45, 2.75) is 24.9 Å². The Balaban J connectivity index is 1.78. The zero-order chi connectivity index (χ0) is 13.0. The van der Waals surface area contributed by atoms with Gasteiger partial charge in [0.05, 0.1) is 13.1 Å². The van der Waals surface area contributed by atoms with E-state index in [-0.39, 0.29) is 18.1 Å². The Morgan fingerprint density at radius 3 is 2.83 bits per heavy atom. The molecule has 1 atom stereocenters. The molecule has 5 heteroatoms. The number of hydrogen-bond donors (Lipinski definition) is 0. The first-order valence-electron chi connectivity index (χ1n) is 6.59. The van der Waals surface area contributed by atoms with Crippen LogP contribution in [0.4, 0.5) is 0 Å². The number of ether oxygens (including phenoxy) is 3. The van der Waals surface area contributed by atoms with Gasteiger partial charge in [-0.15, -0.1) is 0 Å². The fourth-order valence-electron chi connectivity index (χ4n) is 2.92. The van der Waals surface area contributed by atoms with Crippen LogP contribution >= 0.6 is 0 Å². The Labute approximate surface area is 108 Å². The maximum atomic E-state index is 11.6. The zero-order valence-corrected chi connectivity index (χ0v) is 11.3. The van der Waals surface area contributed by atoms with Gasteiger partial charge in [0.1, 0.15) is 12.2 Å². The Morgan fingerprint density at radius 1 is 1.39 bits per heavy atom. The molecule has 0 bridgehead atoms. The van der Waals surface area contributed by atoms with Gasteiger partial charge in [-0.2, -0.15) is 0 Å². The van der Waals surface area contributed by atoms with Crippen LogP contribution < -0.4 is 0 Å². The Morgan fingerprint density at radius 2 is 2.17 bits per heavy atom. The predicted molar refractivity (Wildman–Crippen MR) is 66.4 cm³/mol. The smallest absolute Gasteiger partial charge is 0.248 e. The number of carbonyl (C=O) groups excluding carboxylic acids is 1. The van der Waals surface area contributed by atoms with E-state index in [0.29, 0.717) is 5.92 Å². The molecule has 2 aliphatic heterocycles. The highest BCUT2D eigenvalue weighted by molar-refractivity contribution is 5.78. The van der Waals surface area contributed by atoms with Crippen molar-refractivity contribution < 1.29 is 19.0 Å². The molecule has 2 rings (SSSR count). The minimum absolute atomic E-state index is 0.0609. The van der Waals surface area contributed by atoms with Crippen molar-refractivity contribution in [3.05, 3.63) is 0 Å². The Bertz CT molecular complexity index is 289. The van der Waals surface area contributed by atoms with Gasteiger partial charge in [0.2, 0.25) is 5.91 Å². The Kier molecular flexibility index (Phi) is 4.59. The van der Waals surface area contributed by atoms with Crippen LogP contribution in [0.15, 0.2) is 0 Å². The van der Waals surface area contributed by atoms with E-state index in [1.54, 1.807) is 14.2 Å². The number of hydrogen-bond acceptors (Lipinski definition) is 4. The van der Waals surface area contributed by atoms with Crippen LogP contribution in [0.25, 0.3) is 0 Å². The molecule has 0 aromatic rings. The van der Waals surface area contributed by atoms with E-state index in [0.717, 1.165) is 45.6 Å². The zero-order valence-electron chi connectivity index (χ0n) is 11.3. The lowest BCUT2D eigenvalue weighted by molar-refractivity contribution is -0.191. The van der Waals surface area contributed by atoms with Crippen molar-refractivity contribution in [2.75, 3.05) is 47.1 Å². The topological polar surface area (TPSA) is 48.0 Å². The summed E-state index contributed by atoms with van der Waals surface area (Å²) < 4.78 is 15.9. The highest BCUT2D eigenvalue weighted by Crippen LogP contribution is 2.38. The van der Waals surface area contributed by atoms with Crippen LogP contribution in [0.3, 0.4) is 0 Å². The molecule has 0 aromatic heterocycles. The molecule has 2 heterocycles. The molecule has 0 aromatic carbocycles. The third kappa shape index (κ3) is 3.02. The van der Waals surface area contributed by atoms with Crippen LogP contribution in [-0.2, 0) is 19.0 Å². The summed E-state index contributed by atoms with van der Waals surface area (Å²) in [6.45, 7) is 3.23. The summed E-state index contributed by atoms with van der Waals surface area (Å²) in [5.74, 6) is 0.726. The largest absolute Gasteiger partial charge is 0.385 e. The summed E-state index contributed by atoms with van der Waals surface area (Å²) in [5, 5.41) is 0. The van der Waals surface area contributed by atoms with Crippen LogP contribution in [-0.4, -0.2) is 63.5 Å². The number of amides is 1. The van der Waals surface area contributed by atoms with Crippen molar-refractivity contribution in [2.24, 2.45) is 5.92 Å². The second-order valence-corrected chi connectivity index (χ2v) is 5.35. The minimum Gasteiger partial charge on any atom is -0.385 e. The van der Waals surface area contributed by atoms with E-state index in [4.69, 9.17) is 14.2 Å². The third-order valence-electron chi connectivity index (χ3n) is 3.90. The van der Waals surface area contributed by atoms with Crippen molar-refractivity contribution in [1.82, 2.24) is 4.90 Å². The molecule has 104 valence electrons. The van der Waals surface area contributed by atoms with Gasteiger partial charge in [-0.3, -0.25) is 4.79 Å². The highest BCUT2D eigenvalue weighted by atomic mass is 16.5. The molecule has 1 amide bonds. The van der Waals surface area contributed by atoms with E-state index in [2.05, 4.69) is 0 Å². The maximum Gasteiger partial charge on any atom is 0.248 e. The van der Waals surface area contributed by atoms with E-state index in [1.165, 1.54) is 0 Å². The summed E-state index contributed by atoms with van der Waals surface area (Å²) in [4.78, 5) is 13.5. The van der Waals surface area contributed by atoms with Crippen LogP contribution in [0.2, 0.25) is 0 Å². The number of methoxy groups -OCH3 is 2. The first kappa shape index (κ1) is 13.8. The monoisotopic (exact) mass is 257 g/mol. The molecule has 2 saturated heterocycles. The quantitative estimate of drug-likeness (QED) is 0.726. The number of carbonyl (C=O) groups is 1. The van der Waals surface area contributed by atoms with Gasteiger partial charge in [0, 0.05) is 27.4 Å². The summed E-state index contributed by atoms with van der Waals surface area (Å²) >= 11 is 0. The highest BCUT2D eigenvalue weighted by Gasteiger charge is 2.48. The second kappa shape index (κ2) is 5.99. The molecular weight excluding hydrogens is 234 g/mol. The fraction of sp³-hybridized carbons (Fsp3) is 0.923. The van der Waals surface area contributed by atoms with E-state index < -0.39 is 0 Å². The fourth-order valence-corrected chi connectivity index (χ4v) is 2.92. The average molecular weight is 257 g/mol. The van der Waals surface area contributed by atoms with Gasteiger partial charge in [0.15, 0.2) is 0 Å². The SMILES string of the molecule is COCCC1CCOC2(C1)CN(C(=O)COC)C2. The number of nitrogens with zero attached hydrogens (tertiary/aromatic N) is 1. The van der Waals surface area contributed by atoms with Gasteiger partial charge in [-0.25, -0.2) is 0 Å². The minimum atomic E-state index is -0.0833. The summed E-state index contributed by atoms with van der Waals surface area (Å²) in [6.07, 6.45) is 3.25. The van der Waals surface area contributed by atoms with E-state index in [9.17, 15) is 4.79 Å². The molecule has 0 aliphatic carbocycles. The molecule has 0 saturated carbocycles. The first-order chi connectivity index (χ1) is 8.69. The number of rotatable bonds is 5. The molecular formula is C13H23NO4. The molecule has 2 fully saturated rings. The van der Waals surface area contributed by atoms with Gasteiger partial charge >= 0.3 is 0 Å². The second-order valence-electron chi connectivity index (χ2n) is 5.35. The predicted octanol–water partition coefficient (Wildman–Crippen LogP) is 0.677. The van der Waals surface area contributed by atoms with Crippen molar-refractivity contribution in [1.29, 1.82) is 0 Å². The molecule has 1 unspecified atom stereocenters. The third-order valence-corrected chi connectivity index (χ3v) is 3.90. The lowest BCUT2D eigenvalue weighted by atomic mass is 9.79. The molecule has 18 heavy (non-hydrogen) atoms. The molecule has 2 aliphatic rings. The average Bonchev–Trinajstić information content (AvgIpc) is 2.34. The van der Waals surface area contributed by atoms with Crippen LogP contribution in [0.1, 0.15) is 19.3 Å². The normalized spacial score (nSPS) is 26.1. The molecule has 1 spiro atoms. The van der Waals surface area contributed by atoms with Crippen molar-refractivity contribution in [3.8, 4) is 0 Å². The summed E-state index contributed by atoms with van der Waals surface area (Å²) in [5.41, 5.74) is -0.0833. The summed E-state index contributed by atoms with van der Waals surface area (Å²) in [6, 6.07) is 0. The van der Waals surface area contributed by atoms with Crippen LogP contribution in [0.5, 0.6) is 0 Å². The van der Waals surface area contributed by atoms with Crippen molar-refractivity contribution in [3.63, 3.8) is 0 Å². The Hall–Kier alpha value is -0.650. The van der Waals surface area contributed by atoms with Crippen LogP contribution in [0, 0.1) is 5.92 Å². The lowest BCUT2D eigenvalue weighted by Gasteiger charge is -2.53. The summed E-state index contributed by atoms with van der Waals surface area (Å²) in [7, 11) is 3.29. The van der Waals surface area contributed by atoms with Gasteiger partial charge in [-0.05, 0) is 25.2 Å². The first-order valence-corrected chi connectivity index (χ1v) is 6.59. The molecule has 5 nitrogen and oxygen atoms in total.